The molecule has 0 aliphatic carbocycles. The van der Waals surface area contributed by atoms with Crippen LogP contribution in [-0.2, 0) is 14.3 Å². The van der Waals surface area contributed by atoms with Crippen LogP contribution in [0.3, 0.4) is 0 Å². The fourth-order valence-electron chi connectivity index (χ4n) is 2.04. The molecule has 26 heavy (non-hydrogen) atoms. The molecule has 6 heteroatoms. The minimum atomic E-state index is -0.402. The number of aliphatic imine (C=N–C) groups is 1. The molecule has 0 unspecified atom stereocenters. The minimum absolute atomic E-state index is 0.127. The average molecular weight is 355 g/mol. The number of nitrogens with zero attached hydrogens (tertiary/aromatic N) is 1. The number of ether oxygens (including phenoxy) is 3. The smallest absolute Gasteiger partial charge is 0.344 e. The molecule has 0 spiro atoms. The third-order valence-corrected chi connectivity index (χ3v) is 3.26. The second-order valence-corrected chi connectivity index (χ2v) is 5.69. The summed E-state index contributed by atoms with van der Waals surface area (Å²) in [4.78, 5) is 27.2. The number of methoxy groups -OCH3 is 1. The molecule has 2 aromatic rings. The average Bonchev–Trinajstić information content (AvgIpc) is 2.65. The molecule has 0 aromatic heterocycles. The molecule has 0 heterocycles. The van der Waals surface area contributed by atoms with Gasteiger partial charge in [-0.3, -0.25) is 4.99 Å². The van der Waals surface area contributed by atoms with Crippen molar-refractivity contribution in [2.75, 3.05) is 13.7 Å². The molecule has 0 saturated carbocycles. The Kier molecular flexibility index (Phi) is 6.91. The first kappa shape index (κ1) is 19.2. The summed E-state index contributed by atoms with van der Waals surface area (Å²) in [6, 6.07) is 14.0. The lowest BCUT2D eigenvalue weighted by Crippen LogP contribution is -2.18. The van der Waals surface area contributed by atoms with Gasteiger partial charge < -0.3 is 14.2 Å². The number of rotatable bonds is 7. The number of benzene rings is 2. The summed E-state index contributed by atoms with van der Waals surface area (Å²) in [7, 11) is 1.34. The van der Waals surface area contributed by atoms with Crippen molar-refractivity contribution < 1.29 is 23.8 Å². The van der Waals surface area contributed by atoms with Gasteiger partial charge in [-0.25, -0.2) is 9.59 Å². The highest BCUT2D eigenvalue weighted by atomic mass is 16.6. The van der Waals surface area contributed by atoms with Gasteiger partial charge in [-0.1, -0.05) is 0 Å². The SMILES string of the molecule is COC(=O)c1ccc(N=Cc2ccc(OCC(=O)OC(C)C)cc2)cc1. The summed E-state index contributed by atoms with van der Waals surface area (Å²) >= 11 is 0. The number of hydrogen-bond acceptors (Lipinski definition) is 6. The first-order valence-corrected chi connectivity index (χ1v) is 8.12. The van der Waals surface area contributed by atoms with E-state index in [0.717, 1.165) is 11.3 Å². The zero-order valence-corrected chi connectivity index (χ0v) is 15.0. The van der Waals surface area contributed by atoms with Crippen LogP contribution in [0.1, 0.15) is 29.8 Å². The Morgan fingerprint density at radius 2 is 1.69 bits per heavy atom. The van der Waals surface area contributed by atoms with Gasteiger partial charge in [-0.15, -0.1) is 0 Å². The van der Waals surface area contributed by atoms with E-state index in [9.17, 15) is 9.59 Å². The zero-order chi connectivity index (χ0) is 18.9. The summed E-state index contributed by atoms with van der Waals surface area (Å²) in [5, 5.41) is 0. The van der Waals surface area contributed by atoms with E-state index in [-0.39, 0.29) is 18.7 Å². The van der Waals surface area contributed by atoms with Crippen molar-refractivity contribution in [2.24, 2.45) is 4.99 Å². The largest absolute Gasteiger partial charge is 0.482 e. The van der Waals surface area contributed by atoms with E-state index in [1.54, 1.807) is 56.5 Å². The Balaban J connectivity index is 1.91. The van der Waals surface area contributed by atoms with E-state index >= 15 is 0 Å². The fourth-order valence-corrected chi connectivity index (χ4v) is 2.04. The fraction of sp³-hybridized carbons (Fsp3) is 0.250. The Labute approximate surface area is 152 Å². The first-order valence-electron chi connectivity index (χ1n) is 8.12. The van der Waals surface area contributed by atoms with E-state index in [2.05, 4.69) is 9.73 Å². The number of esters is 2. The normalized spacial score (nSPS) is 10.8. The molecule has 0 radical (unpaired) electrons. The summed E-state index contributed by atoms with van der Waals surface area (Å²) < 4.78 is 15.0. The maximum atomic E-state index is 11.4. The van der Waals surface area contributed by atoms with Crippen molar-refractivity contribution in [1.82, 2.24) is 0 Å². The minimum Gasteiger partial charge on any atom is -0.482 e. The van der Waals surface area contributed by atoms with Crippen LogP contribution in [0.2, 0.25) is 0 Å². The maximum Gasteiger partial charge on any atom is 0.344 e. The monoisotopic (exact) mass is 355 g/mol. The molecule has 0 saturated heterocycles. The van der Waals surface area contributed by atoms with Gasteiger partial charge in [0.05, 0.1) is 24.5 Å². The lowest BCUT2D eigenvalue weighted by atomic mass is 10.2. The van der Waals surface area contributed by atoms with Gasteiger partial charge in [0.25, 0.3) is 0 Å². The van der Waals surface area contributed by atoms with Crippen molar-refractivity contribution in [3.05, 3.63) is 59.7 Å². The molecule has 136 valence electrons. The van der Waals surface area contributed by atoms with Crippen LogP contribution in [0.25, 0.3) is 0 Å². The molecule has 0 fully saturated rings. The van der Waals surface area contributed by atoms with Gasteiger partial charge in [0, 0.05) is 6.21 Å². The van der Waals surface area contributed by atoms with Crippen LogP contribution in [0.15, 0.2) is 53.5 Å². The summed E-state index contributed by atoms with van der Waals surface area (Å²) in [6.45, 7) is 3.45. The Morgan fingerprint density at radius 3 is 2.27 bits per heavy atom. The highest BCUT2D eigenvalue weighted by Gasteiger charge is 2.06. The summed E-state index contributed by atoms with van der Waals surface area (Å²) in [5.41, 5.74) is 2.07. The van der Waals surface area contributed by atoms with E-state index < -0.39 is 5.97 Å². The van der Waals surface area contributed by atoms with Crippen molar-refractivity contribution in [2.45, 2.75) is 20.0 Å². The van der Waals surface area contributed by atoms with Crippen molar-refractivity contribution in [1.29, 1.82) is 0 Å². The highest BCUT2D eigenvalue weighted by molar-refractivity contribution is 5.90. The van der Waals surface area contributed by atoms with Crippen LogP contribution in [-0.4, -0.2) is 38.0 Å². The number of carbonyl (C=O) groups is 2. The van der Waals surface area contributed by atoms with Crippen molar-refractivity contribution >= 4 is 23.8 Å². The van der Waals surface area contributed by atoms with Gasteiger partial charge >= 0.3 is 11.9 Å². The third-order valence-electron chi connectivity index (χ3n) is 3.26. The predicted octanol–water partition coefficient (Wildman–Crippen LogP) is 3.55. The first-order chi connectivity index (χ1) is 12.5. The molecule has 0 amide bonds. The van der Waals surface area contributed by atoms with Crippen molar-refractivity contribution in [3.8, 4) is 5.75 Å². The lowest BCUT2D eigenvalue weighted by molar-refractivity contribution is -0.149. The van der Waals surface area contributed by atoms with Gasteiger partial charge in [-0.05, 0) is 67.9 Å². The van der Waals surface area contributed by atoms with Gasteiger partial charge in [-0.2, -0.15) is 0 Å². The van der Waals surface area contributed by atoms with Gasteiger partial charge in [0.1, 0.15) is 5.75 Å². The number of hydrogen-bond donors (Lipinski definition) is 0. The Bertz CT molecular complexity index is 764. The predicted molar refractivity (Wildman–Crippen MR) is 98.2 cm³/mol. The summed E-state index contributed by atoms with van der Waals surface area (Å²) in [5.74, 6) is -0.209. The van der Waals surface area contributed by atoms with Crippen LogP contribution >= 0.6 is 0 Å². The molecule has 0 atom stereocenters. The van der Waals surface area contributed by atoms with E-state index in [1.807, 2.05) is 12.1 Å². The van der Waals surface area contributed by atoms with E-state index in [0.29, 0.717) is 11.3 Å². The molecular weight excluding hydrogens is 334 g/mol. The van der Waals surface area contributed by atoms with Crippen LogP contribution in [0, 0.1) is 0 Å². The molecule has 0 bridgehead atoms. The van der Waals surface area contributed by atoms with Crippen molar-refractivity contribution in [3.63, 3.8) is 0 Å². The van der Waals surface area contributed by atoms with Crippen LogP contribution < -0.4 is 4.74 Å². The molecule has 6 nitrogen and oxygen atoms in total. The highest BCUT2D eigenvalue weighted by Crippen LogP contribution is 2.15. The maximum absolute atomic E-state index is 11.4. The van der Waals surface area contributed by atoms with E-state index in [1.165, 1.54) is 7.11 Å². The topological polar surface area (TPSA) is 74.2 Å². The van der Waals surface area contributed by atoms with E-state index in [4.69, 9.17) is 9.47 Å². The van der Waals surface area contributed by atoms with Gasteiger partial charge in [0.2, 0.25) is 0 Å². The molecule has 2 rings (SSSR count). The second-order valence-electron chi connectivity index (χ2n) is 5.69. The Morgan fingerprint density at radius 1 is 1.04 bits per heavy atom. The zero-order valence-electron chi connectivity index (χ0n) is 15.0. The molecule has 2 aromatic carbocycles. The lowest BCUT2D eigenvalue weighted by Gasteiger charge is -2.09. The molecule has 0 aliphatic heterocycles. The Hall–Kier alpha value is -3.15. The molecule has 0 N–H and O–H groups in total. The van der Waals surface area contributed by atoms with Crippen LogP contribution in [0.4, 0.5) is 5.69 Å². The molecular formula is C20H21NO5. The third kappa shape index (κ3) is 6.05. The van der Waals surface area contributed by atoms with Crippen LogP contribution in [0.5, 0.6) is 5.75 Å². The number of carbonyl (C=O) groups excluding carboxylic acids is 2. The second kappa shape index (κ2) is 9.36. The summed E-state index contributed by atoms with van der Waals surface area (Å²) in [6.07, 6.45) is 1.54. The quantitative estimate of drug-likeness (QED) is 0.561. The molecule has 0 aliphatic rings. The van der Waals surface area contributed by atoms with Gasteiger partial charge in [0.15, 0.2) is 6.61 Å². The standard InChI is InChI=1S/C20H21NO5/c1-14(2)26-19(22)13-25-18-10-4-15(5-11-18)12-21-17-8-6-16(7-9-17)20(23)24-3/h4-12,14H,13H2,1-3H3.